The van der Waals surface area contributed by atoms with Crippen LogP contribution >= 0.6 is 0 Å². The molecule has 0 spiro atoms. The Balaban J connectivity index is 2.32. The first kappa shape index (κ1) is 14.3. The highest BCUT2D eigenvalue weighted by Gasteiger charge is 2.20. The van der Waals surface area contributed by atoms with Gasteiger partial charge in [-0.15, -0.1) is 0 Å². The molecule has 0 saturated carbocycles. The maximum atomic E-state index is 12.7. The summed E-state index contributed by atoms with van der Waals surface area (Å²) < 4.78 is 5.23. The number of amides is 1. The Hall–Kier alpha value is -2.07. The van der Waals surface area contributed by atoms with Gasteiger partial charge in [0.2, 0.25) is 0 Å². The molecule has 4 nitrogen and oxygen atoms in total. The minimum atomic E-state index is -0.0460. The highest BCUT2D eigenvalue weighted by molar-refractivity contribution is 6.06. The third-order valence-electron chi connectivity index (χ3n) is 3.23. The average molecular weight is 272 g/mol. The van der Waals surface area contributed by atoms with Crippen LogP contribution < -0.4 is 10.6 Å². The maximum absolute atomic E-state index is 12.7. The van der Waals surface area contributed by atoms with Crippen molar-refractivity contribution in [2.24, 2.45) is 5.73 Å². The van der Waals surface area contributed by atoms with E-state index in [4.69, 9.17) is 10.2 Å². The van der Waals surface area contributed by atoms with Crippen LogP contribution in [0.1, 0.15) is 28.1 Å². The quantitative estimate of drug-likeness (QED) is 0.910. The molecule has 0 bridgehead atoms. The van der Waals surface area contributed by atoms with E-state index in [1.807, 2.05) is 31.2 Å². The standard InChI is InChI=1S/C16H20N2O2/c1-12-5-3-6-14(11-12)18(9-4-8-17)16(19)15-7-10-20-13(15)2/h3,5-7,10-11H,4,8-9,17H2,1-2H3. The second-order valence-electron chi connectivity index (χ2n) is 4.83. The Bertz CT molecular complexity index is 590. The molecule has 0 aliphatic carbocycles. The van der Waals surface area contributed by atoms with Crippen LogP contribution in [0.4, 0.5) is 5.69 Å². The van der Waals surface area contributed by atoms with Crippen LogP contribution in [0.15, 0.2) is 41.0 Å². The van der Waals surface area contributed by atoms with E-state index in [1.165, 1.54) is 0 Å². The number of rotatable bonds is 5. The van der Waals surface area contributed by atoms with Crippen molar-refractivity contribution in [2.45, 2.75) is 20.3 Å². The van der Waals surface area contributed by atoms with Gasteiger partial charge < -0.3 is 15.1 Å². The predicted molar refractivity (Wildman–Crippen MR) is 80.0 cm³/mol. The van der Waals surface area contributed by atoms with Crippen LogP contribution in [0, 0.1) is 13.8 Å². The molecule has 20 heavy (non-hydrogen) atoms. The summed E-state index contributed by atoms with van der Waals surface area (Å²) in [5.41, 5.74) is 8.19. The van der Waals surface area contributed by atoms with Crippen LogP contribution in [0.2, 0.25) is 0 Å². The van der Waals surface area contributed by atoms with Crippen molar-refractivity contribution in [3.8, 4) is 0 Å². The molecule has 106 valence electrons. The largest absolute Gasteiger partial charge is 0.469 e. The number of anilines is 1. The lowest BCUT2D eigenvalue weighted by molar-refractivity contribution is 0.0985. The van der Waals surface area contributed by atoms with Gasteiger partial charge in [0.25, 0.3) is 5.91 Å². The first-order valence-electron chi connectivity index (χ1n) is 6.76. The Kier molecular flexibility index (Phi) is 4.58. The van der Waals surface area contributed by atoms with Crippen LogP contribution in [0.25, 0.3) is 0 Å². The summed E-state index contributed by atoms with van der Waals surface area (Å²) in [5, 5.41) is 0. The van der Waals surface area contributed by atoms with Gasteiger partial charge in [0, 0.05) is 12.2 Å². The second kappa shape index (κ2) is 6.39. The van der Waals surface area contributed by atoms with Crippen molar-refractivity contribution in [3.05, 3.63) is 53.5 Å². The number of hydrogen-bond donors (Lipinski definition) is 1. The van der Waals surface area contributed by atoms with E-state index in [1.54, 1.807) is 24.2 Å². The molecule has 0 fully saturated rings. The molecule has 1 heterocycles. The van der Waals surface area contributed by atoms with Gasteiger partial charge in [-0.2, -0.15) is 0 Å². The SMILES string of the molecule is Cc1cccc(N(CCCN)C(=O)c2ccoc2C)c1. The van der Waals surface area contributed by atoms with Crippen LogP contribution in [-0.2, 0) is 0 Å². The van der Waals surface area contributed by atoms with Gasteiger partial charge in [0.15, 0.2) is 0 Å². The average Bonchev–Trinajstić information content (AvgIpc) is 2.85. The zero-order valence-corrected chi connectivity index (χ0v) is 11.9. The topological polar surface area (TPSA) is 59.5 Å². The third-order valence-corrected chi connectivity index (χ3v) is 3.23. The number of nitrogens with zero attached hydrogens (tertiary/aromatic N) is 1. The molecule has 1 amide bonds. The molecule has 0 unspecified atom stereocenters. The Morgan fingerprint density at radius 3 is 2.70 bits per heavy atom. The van der Waals surface area contributed by atoms with Crippen LogP contribution in [-0.4, -0.2) is 19.0 Å². The summed E-state index contributed by atoms with van der Waals surface area (Å²) in [5.74, 6) is 0.593. The van der Waals surface area contributed by atoms with Gasteiger partial charge >= 0.3 is 0 Å². The number of hydrogen-bond acceptors (Lipinski definition) is 3. The van der Waals surface area contributed by atoms with Gasteiger partial charge in [-0.05, 0) is 50.6 Å². The minimum Gasteiger partial charge on any atom is -0.469 e. The van der Waals surface area contributed by atoms with Crippen molar-refractivity contribution in [3.63, 3.8) is 0 Å². The Morgan fingerprint density at radius 2 is 2.10 bits per heavy atom. The fraction of sp³-hybridized carbons (Fsp3) is 0.312. The third kappa shape index (κ3) is 3.08. The van der Waals surface area contributed by atoms with Crippen molar-refractivity contribution >= 4 is 11.6 Å². The lowest BCUT2D eigenvalue weighted by Crippen LogP contribution is -2.33. The van der Waals surface area contributed by atoms with Crippen molar-refractivity contribution in [2.75, 3.05) is 18.0 Å². The summed E-state index contributed by atoms with van der Waals surface area (Å²) in [6.45, 7) is 4.96. The van der Waals surface area contributed by atoms with Crippen molar-refractivity contribution < 1.29 is 9.21 Å². The van der Waals surface area contributed by atoms with Gasteiger partial charge in [-0.1, -0.05) is 12.1 Å². The number of aryl methyl sites for hydroxylation is 2. The molecule has 2 N–H and O–H groups in total. The first-order valence-corrected chi connectivity index (χ1v) is 6.76. The van der Waals surface area contributed by atoms with Crippen molar-refractivity contribution in [1.82, 2.24) is 0 Å². The molecule has 2 rings (SSSR count). The molecule has 0 radical (unpaired) electrons. The first-order chi connectivity index (χ1) is 9.63. The van der Waals surface area contributed by atoms with E-state index < -0.39 is 0 Å². The zero-order valence-electron chi connectivity index (χ0n) is 11.9. The minimum absolute atomic E-state index is 0.0460. The van der Waals surface area contributed by atoms with E-state index in [0.717, 1.165) is 17.7 Å². The maximum Gasteiger partial charge on any atom is 0.261 e. The normalized spacial score (nSPS) is 10.6. The predicted octanol–water partition coefficient (Wildman–Crippen LogP) is 2.89. The van der Waals surface area contributed by atoms with Gasteiger partial charge in [0.1, 0.15) is 5.76 Å². The molecule has 1 aromatic heterocycles. The number of benzene rings is 1. The van der Waals surface area contributed by atoms with E-state index in [-0.39, 0.29) is 5.91 Å². The van der Waals surface area contributed by atoms with Crippen molar-refractivity contribution in [1.29, 1.82) is 0 Å². The molecule has 4 heteroatoms. The van der Waals surface area contributed by atoms with E-state index in [2.05, 4.69) is 0 Å². The molecule has 0 saturated heterocycles. The van der Waals surface area contributed by atoms with E-state index in [0.29, 0.717) is 24.4 Å². The number of nitrogens with two attached hydrogens (primary N) is 1. The molecule has 0 atom stereocenters. The van der Waals surface area contributed by atoms with Crippen LogP contribution in [0.3, 0.4) is 0 Å². The highest BCUT2D eigenvalue weighted by Crippen LogP contribution is 2.21. The van der Waals surface area contributed by atoms with Gasteiger partial charge in [0.05, 0.1) is 11.8 Å². The lowest BCUT2D eigenvalue weighted by Gasteiger charge is -2.23. The smallest absolute Gasteiger partial charge is 0.261 e. The van der Waals surface area contributed by atoms with Crippen LogP contribution in [0.5, 0.6) is 0 Å². The molecule has 1 aromatic carbocycles. The lowest BCUT2D eigenvalue weighted by atomic mass is 10.1. The summed E-state index contributed by atoms with van der Waals surface area (Å²) in [4.78, 5) is 14.4. The second-order valence-corrected chi connectivity index (χ2v) is 4.83. The fourth-order valence-corrected chi connectivity index (χ4v) is 2.15. The zero-order chi connectivity index (χ0) is 14.5. The summed E-state index contributed by atoms with van der Waals surface area (Å²) >= 11 is 0. The molecular formula is C16H20N2O2. The summed E-state index contributed by atoms with van der Waals surface area (Å²) in [6.07, 6.45) is 2.30. The summed E-state index contributed by atoms with van der Waals surface area (Å²) in [6, 6.07) is 9.62. The number of carbonyl (C=O) groups is 1. The molecule has 0 aliphatic rings. The molecule has 2 aromatic rings. The highest BCUT2D eigenvalue weighted by atomic mass is 16.3. The van der Waals surface area contributed by atoms with Gasteiger partial charge in [-0.25, -0.2) is 0 Å². The summed E-state index contributed by atoms with van der Waals surface area (Å²) in [7, 11) is 0. The monoisotopic (exact) mass is 272 g/mol. The number of carbonyl (C=O) groups excluding carboxylic acids is 1. The van der Waals surface area contributed by atoms with E-state index in [9.17, 15) is 4.79 Å². The number of furan rings is 1. The molecular weight excluding hydrogens is 252 g/mol. The van der Waals surface area contributed by atoms with Gasteiger partial charge in [-0.3, -0.25) is 4.79 Å². The molecule has 0 aliphatic heterocycles. The fourth-order valence-electron chi connectivity index (χ4n) is 2.15. The van der Waals surface area contributed by atoms with E-state index >= 15 is 0 Å². The Morgan fingerprint density at radius 1 is 1.30 bits per heavy atom. The Labute approximate surface area is 119 Å².